The summed E-state index contributed by atoms with van der Waals surface area (Å²) in [6.07, 6.45) is 1.76. The van der Waals surface area contributed by atoms with E-state index >= 15 is 0 Å². The van der Waals surface area contributed by atoms with Crippen LogP contribution in [0.25, 0.3) is 16.6 Å². The van der Waals surface area contributed by atoms with Crippen LogP contribution in [0.15, 0.2) is 35.6 Å². The molecule has 2 saturated heterocycles. The van der Waals surface area contributed by atoms with Crippen LogP contribution < -0.4 is 15.4 Å². The second-order valence-electron chi connectivity index (χ2n) is 9.02. The minimum atomic E-state index is -1.05. The number of ether oxygens (including phenoxy) is 2. The van der Waals surface area contributed by atoms with Crippen LogP contribution in [-0.4, -0.2) is 84.4 Å². The van der Waals surface area contributed by atoms with Gasteiger partial charge in [0.2, 0.25) is 11.8 Å². The zero-order valence-corrected chi connectivity index (χ0v) is 20.1. The number of fused-ring (bicyclic) bond motifs is 1. The molecule has 4 heterocycles. The Labute approximate surface area is 207 Å². The second kappa shape index (κ2) is 10.7. The first-order valence-electron chi connectivity index (χ1n) is 12.1. The number of hydrogen-bond acceptors (Lipinski definition) is 9. The lowest BCUT2D eigenvalue weighted by atomic mass is 10.0. The summed E-state index contributed by atoms with van der Waals surface area (Å²) in [5.41, 5.74) is 10.8. The average molecular weight is 501 g/mol. The van der Waals surface area contributed by atoms with Crippen molar-refractivity contribution in [2.45, 2.75) is 31.1 Å². The van der Waals surface area contributed by atoms with E-state index in [1.165, 1.54) is 7.11 Å². The van der Waals surface area contributed by atoms with Crippen molar-refractivity contribution < 1.29 is 18.3 Å². The Hall–Kier alpha value is -3.38. The Balaban J connectivity index is 1.38. The number of benzene rings is 1. The molecule has 0 saturated carbocycles. The summed E-state index contributed by atoms with van der Waals surface area (Å²) in [5.74, 6) is 0.652. The fraction of sp³-hybridized carbons (Fsp3) is 0.500. The number of anilines is 2. The molecule has 1 aromatic carbocycles. The van der Waals surface area contributed by atoms with Crippen LogP contribution in [-0.2, 0) is 4.74 Å². The second-order valence-corrected chi connectivity index (χ2v) is 9.02. The number of nitrogens with zero attached hydrogens (tertiary/aromatic N) is 5. The molecule has 0 spiro atoms. The number of methoxy groups -OCH3 is 1. The van der Waals surface area contributed by atoms with Gasteiger partial charge in [0.1, 0.15) is 17.4 Å². The predicted octanol–water partition coefficient (Wildman–Crippen LogP) is 4.06. The van der Waals surface area contributed by atoms with Crippen molar-refractivity contribution in [3.8, 4) is 17.0 Å². The van der Waals surface area contributed by atoms with Crippen LogP contribution in [0.2, 0.25) is 0 Å². The highest BCUT2D eigenvalue weighted by molar-refractivity contribution is 5.87. The molecule has 192 valence electrons. The maximum Gasteiger partial charge on any atom is 0.244 e. The summed E-state index contributed by atoms with van der Waals surface area (Å²) in [6, 6.07) is 7.27. The number of nitrogens with one attached hydrogen (secondary N) is 3. The van der Waals surface area contributed by atoms with E-state index in [0.717, 1.165) is 17.7 Å². The molecular weight excluding hydrogens is 470 g/mol. The van der Waals surface area contributed by atoms with Crippen molar-refractivity contribution >= 4 is 22.8 Å². The van der Waals surface area contributed by atoms with Crippen LogP contribution in [0.4, 0.5) is 26.1 Å². The summed E-state index contributed by atoms with van der Waals surface area (Å²) in [5, 5.41) is 14.4. The van der Waals surface area contributed by atoms with Crippen molar-refractivity contribution in [2.24, 2.45) is 5.11 Å². The molecule has 12 heteroatoms. The molecule has 5 rings (SSSR count). The van der Waals surface area contributed by atoms with Gasteiger partial charge in [-0.05, 0) is 36.6 Å². The third kappa shape index (κ3) is 4.82. The first-order chi connectivity index (χ1) is 17.6. The fourth-order valence-electron chi connectivity index (χ4n) is 4.68. The molecule has 3 N–H and O–H groups in total. The summed E-state index contributed by atoms with van der Waals surface area (Å²) in [7, 11) is 1.53. The number of likely N-dealkylation sites (tertiary alicyclic amines) is 1. The molecule has 2 atom stereocenters. The number of alkyl halides is 2. The Morgan fingerprint density at radius 2 is 2.17 bits per heavy atom. The van der Waals surface area contributed by atoms with Crippen LogP contribution >= 0.6 is 0 Å². The van der Waals surface area contributed by atoms with Crippen molar-refractivity contribution in [3.63, 3.8) is 0 Å². The fourth-order valence-corrected chi connectivity index (χ4v) is 4.68. The van der Waals surface area contributed by atoms with E-state index in [1.807, 2.05) is 18.2 Å². The van der Waals surface area contributed by atoms with E-state index in [0.29, 0.717) is 73.9 Å². The van der Waals surface area contributed by atoms with Gasteiger partial charge in [-0.25, -0.2) is 14.4 Å². The smallest absolute Gasteiger partial charge is 0.244 e. The van der Waals surface area contributed by atoms with E-state index in [9.17, 15) is 8.78 Å². The number of rotatable bonds is 10. The lowest BCUT2D eigenvalue weighted by molar-refractivity contribution is -0.0794. The van der Waals surface area contributed by atoms with Gasteiger partial charge >= 0.3 is 0 Å². The highest BCUT2D eigenvalue weighted by Crippen LogP contribution is 2.36. The maximum absolute atomic E-state index is 15.0. The molecule has 0 aliphatic carbocycles. The minimum absolute atomic E-state index is 0.298. The van der Waals surface area contributed by atoms with Gasteiger partial charge in [0, 0.05) is 31.4 Å². The third-order valence-electron chi connectivity index (χ3n) is 6.75. The first-order valence-corrected chi connectivity index (χ1v) is 12.1. The van der Waals surface area contributed by atoms with Crippen molar-refractivity contribution in [2.75, 3.05) is 57.3 Å². The summed E-state index contributed by atoms with van der Waals surface area (Å²) < 4.78 is 40.0. The Morgan fingerprint density at radius 1 is 1.31 bits per heavy atom. The minimum Gasteiger partial charge on any atom is -0.479 e. The zero-order chi connectivity index (χ0) is 25.1. The molecule has 2 fully saturated rings. The molecule has 2 aliphatic heterocycles. The molecule has 3 aromatic rings. The Kier molecular flexibility index (Phi) is 7.23. The standard InChI is InChI=1S/C24H30F2N8O2/c1-35-23-22-17(15-3-4-20(31-27)21(11-15)28-8-2-7-25)5-10-34(22)32-24(30-23)29-19-6-9-33(12-18(19)26)16-13-36-14-16/h3-5,10-11,16,18-19,27-28H,2,6-9,12-14H2,1H3,(H,29,32)/t18-,19+/m1/s1. The van der Waals surface area contributed by atoms with Gasteiger partial charge in [-0.1, -0.05) is 6.07 Å². The van der Waals surface area contributed by atoms with Gasteiger partial charge in [-0.3, -0.25) is 9.29 Å². The van der Waals surface area contributed by atoms with E-state index in [2.05, 4.69) is 30.7 Å². The largest absolute Gasteiger partial charge is 0.479 e. The number of halogens is 2. The normalized spacial score (nSPS) is 20.8. The van der Waals surface area contributed by atoms with Crippen molar-refractivity contribution in [1.29, 1.82) is 5.53 Å². The molecule has 2 aromatic heterocycles. The Morgan fingerprint density at radius 3 is 2.86 bits per heavy atom. The summed E-state index contributed by atoms with van der Waals surface area (Å²) in [4.78, 5) is 6.68. The third-order valence-corrected chi connectivity index (χ3v) is 6.75. The average Bonchev–Trinajstić information content (AvgIpc) is 3.28. The van der Waals surface area contributed by atoms with Gasteiger partial charge < -0.3 is 20.1 Å². The molecule has 0 amide bonds. The predicted molar refractivity (Wildman–Crippen MR) is 132 cm³/mol. The van der Waals surface area contributed by atoms with Crippen molar-refractivity contribution in [3.05, 3.63) is 30.5 Å². The molecular formula is C24H30F2N8O2. The van der Waals surface area contributed by atoms with Crippen molar-refractivity contribution in [1.82, 2.24) is 19.5 Å². The van der Waals surface area contributed by atoms with Gasteiger partial charge in [0.15, 0.2) is 0 Å². The maximum atomic E-state index is 15.0. The molecule has 0 radical (unpaired) electrons. The summed E-state index contributed by atoms with van der Waals surface area (Å²) >= 11 is 0. The van der Waals surface area contributed by atoms with Gasteiger partial charge in [0.05, 0.1) is 44.8 Å². The molecule has 0 bridgehead atoms. The van der Waals surface area contributed by atoms with E-state index in [4.69, 9.17) is 15.0 Å². The first kappa shape index (κ1) is 24.3. The quantitative estimate of drug-likeness (QED) is 0.284. The number of aromatic nitrogens is 3. The molecule has 10 nitrogen and oxygen atoms in total. The van der Waals surface area contributed by atoms with E-state index < -0.39 is 18.9 Å². The topological polar surface area (TPSA) is 112 Å². The van der Waals surface area contributed by atoms with Crippen LogP contribution in [0.5, 0.6) is 5.88 Å². The van der Waals surface area contributed by atoms with Gasteiger partial charge in [0.25, 0.3) is 0 Å². The number of hydrogen-bond donors (Lipinski definition) is 3. The van der Waals surface area contributed by atoms with E-state index in [1.54, 1.807) is 16.8 Å². The summed E-state index contributed by atoms with van der Waals surface area (Å²) in [6.45, 7) is 2.51. The van der Waals surface area contributed by atoms with E-state index in [-0.39, 0.29) is 0 Å². The lowest BCUT2D eigenvalue weighted by Gasteiger charge is -2.42. The monoisotopic (exact) mass is 500 g/mol. The SMILES string of the molecule is COc1nc(N[C@H]2CCN(C3COC3)C[C@H]2F)nn2ccc(-c3ccc(N=N)c(NCCCF)c3)c12. The number of piperidine rings is 1. The Bertz CT molecular complexity index is 1220. The zero-order valence-electron chi connectivity index (χ0n) is 20.1. The van der Waals surface area contributed by atoms with Gasteiger partial charge in [-0.2, -0.15) is 10.1 Å². The van der Waals surface area contributed by atoms with Crippen LogP contribution in [0.1, 0.15) is 12.8 Å². The van der Waals surface area contributed by atoms with Crippen LogP contribution in [0.3, 0.4) is 0 Å². The highest BCUT2D eigenvalue weighted by atomic mass is 19.1. The van der Waals surface area contributed by atoms with Crippen LogP contribution in [0, 0.1) is 5.53 Å². The molecule has 0 unspecified atom stereocenters. The molecule has 2 aliphatic rings. The van der Waals surface area contributed by atoms with Gasteiger partial charge in [-0.15, -0.1) is 5.10 Å². The molecule has 36 heavy (non-hydrogen) atoms. The highest BCUT2D eigenvalue weighted by Gasteiger charge is 2.35. The lowest BCUT2D eigenvalue weighted by Crippen LogP contribution is -2.57.